The zero-order chi connectivity index (χ0) is 14.6. The van der Waals surface area contributed by atoms with Crippen molar-refractivity contribution in [3.05, 3.63) is 29.7 Å². The van der Waals surface area contributed by atoms with Crippen LogP contribution in [-0.2, 0) is 9.59 Å². The van der Waals surface area contributed by atoms with Gasteiger partial charge in [-0.3, -0.25) is 14.9 Å². The van der Waals surface area contributed by atoms with Crippen molar-refractivity contribution < 1.29 is 18.5 Å². The van der Waals surface area contributed by atoms with Crippen LogP contribution in [0.1, 0.15) is 30.2 Å². The van der Waals surface area contributed by atoms with Gasteiger partial charge in [0.2, 0.25) is 11.8 Å². The van der Waals surface area contributed by atoms with E-state index in [0.717, 1.165) is 16.5 Å². The lowest BCUT2D eigenvalue weighted by Gasteiger charge is -2.18. The van der Waals surface area contributed by atoms with Crippen molar-refractivity contribution in [2.45, 2.75) is 25.7 Å². The Labute approximate surface area is 119 Å². The minimum Gasteiger partial charge on any atom is -0.461 e. The molecule has 0 spiro atoms. The monoisotopic (exact) mass is 284 g/mol. The van der Waals surface area contributed by atoms with E-state index in [1.165, 1.54) is 0 Å². The molecule has 21 heavy (non-hydrogen) atoms. The average molecular weight is 284 g/mol. The Morgan fingerprint density at radius 3 is 3.00 bits per heavy atom. The third-order valence-corrected chi connectivity index (χ3v) is 3.84. The first-order valence-corrected chi connectivity index (χ1v) is 6.75. The summed E-state index contributed by atoms with van der Waals surface area (Å²) in [4.78, 5) is 23.3. The van der Waals surface area contributed by atoms with Crippen molar-refractivity contribution in [2.24, 2.45) is 0 Å². The first-order chi connectivity index (χ1) is 10.1. The summed E-state index contributed by atoms with van der Waals surface area (Å²) in [6.07, 6.45) is 0.736. The van der Waals surface area contributed by atoms with E-state index < -0.39 is 5.92 Å². The number of carbonyl (C=O) groups excluding carboxylic acids is 2. The SMILES string of the molecule is Cc1cc2ccc3onc([C@@H]4CCC(=O)NC4=O)c3c2o1. The Morgan fingerprint density at radius 2 is 2.19 bits per heavy atom. The van der Waals surface area contributed by atoms with Gasteiger partial charge in [0.05, 0.1) is 11.3 Å². The second-order valence-corrected chi connectivity index (χ2v) is 5.29. The minimum absolute atomic E-state index is 0.247. The van der Waals surface area contributed by atoms with Crippen LogP contribution in [0.4, 0.5) is 0 Å². The van der Waals surface area contributed by atoms with Gasteiger partial charge < -0.3 is 8.94 Å². The number of hydrogen-bond donors (Lipinski definition) is 1. The number of imide groups is 1. The number of nitrogens with one attached hydrogen (secondary N) is 1. The molecule has 1 atom stereocenters. The molecule has 0 radical (unpaired) electrons. The molecule has 0 unspecified atom stereocenters. The van der Waals surface area contributed by atoms with Gasteiger partial charge in [-0.2, -0.15) is 0 Å². The number of furan rings is 1. The van der Waals surface area contributed by atoms with Crippen LogP contribution in [-0.4, -0.2) is 17.0 Å². The van der Waals surface area contributed by atoms with Gasteiger partial charge in [-0.15, -0.1) is 0 Å². The molecule has 6 nitrogen and oxygen atoms in total. The van der Waals surface area contributed by atoms with Gasteiger partial charge in [0.1, 0.15) is 17.0 Å². The molecular weight excluding hydrogens is 272 g/mol. The second kappa shape index (κ2) is 4.18. The van der Waals surface area contributed by atoms with E-state index in [0.29, 0.717) is 29.7 Å². The van der Waals surface area contributed by atoms with Crippen molar-refractivity contribution >= 4 is 33.8 Å². The van der Waals surface area contributed by atoms with Gasteiger partial charge in [0, 0.05) is 11.8 Å². The van der Waals surface area contributed by atoms with Crippen molar-refractivity contribution in [1.29, 1.82) is 0 Å². The molecule has 1 saturated heterocycles. The minimum atomic E-state index is -0.486. The summed E-state index contributed by atoms with van der Waals surface area (Å²) in [6.45, 7) is 1.87. The lowest BCUT2D eigenvalue weighted by atomic mass is 9.92. The number of aryl methyl sites for hydroxylation is 1. The maximum absolute atomic E-state index is 12.0. The highest BCUT2D eigenvalue weighted by Crippen LogP contribution is 2.36. The molecule has 3 aromatic rings. The van der Waals surface area contributed by atoms with E-state index in [4.69, 9.17) is 8.94 Å². The zero-order valence-electron chi connectivity index (χ0n) is 11.3. The maximum Gasteiger partial charge on any atom is 0.235 e. The van der Waals surface area contributed by atoms with Crippen LogP contribution in [0.2, 0.25) is 0 Å². The van der Waals surface area contributed by atoms with Gasteiger partial charge in [-0.05, 0) is 31.5 Å². The molecule has 1 aromatic carbocycles. The largest absolute Gasteiger partial charge is 0.461 e. The van der Waals surface area contributed by atoms with Crippen molar-refractivity contribution in [3.8, 4) is 0 Å². The molecule has 0 bridgehead atoms. The molecule has 1 aliphatic heterocycles. The summed E-state index contributed by atoms with van der Waals surface area (Å²) in [5.74, 6) is -0.280. The first-order valence-electron chi connectivity index (χ1n) is 6.75. The number of carbonyl (C=O) groups is 2. The summed E-state index contributed by atoms with van der Waals surface area (Å²) in [7, 11) is 0. The van der Waals surface area contributed by atoms with Crippen LogP contribution in [0.15, 0.2) is 27.1 Å². The first kappa shape index (κ1) is 12.1. The number of aromatic nitrogens is 1. The van der Waals surface area contributed by atoms with Crippen molar-refractivity contribution in [2.75, 3.05) is 0 Å². The molecule has 3 heterocycles. The molecule has 2 aromatic heterocycles. The maximum atomic E-state index is 12.0. The number of fused-ring (bicyclic) bond motifs is 3. The van der Waals surface area contributed by atoms with Crippen LogP contribution in [0.25, 0.3) is 21.9 Å². The smallest absolute Gasteiger partial charge is 0.235 e. The topological polar surface area (TPSA) is 85.3 Å². The number of piperidine rings is 1. The third-order valence-electron chi connectivity index (χ3n) is 3.84. The molecule has 0 saturated carbocycles. The Hall–Kier alpha value is -2.63. The van der Waals surface area contributed by atoms with Crippen LogP contribution in [0.3, 0.4) is 0 Å². The summed E-state index contributed by atoms with van der Waals surface area (Å²) in [6, 6.07) is 5.64. The summed E-state index contributed by atoms with van der Waals surface area (Å²) >= 11 is 0. The normalized spacial score (nSPS) is 19.4. The van der Waals surface area contributed by atoms with Crippen LogP contribution in [0.5, 0.6) is 0 Å². The van der Waals surface area contributed by atoms with E-state index in [-0.39, 0.29) is 11.8 Å². The molecule has 6 heteroatoms. The van der Waals surface area contributed by atoms with Gasteiger partial charge in [-0.1, -0.05) is 5.16 Å². The molecular formula is C15H12N2O4. The Morgan fingerprint density at radius 1 is 1.33 bits per heavy atom. The number of rotatable bonds is 1. The standard InChI is InChI=1S/C15H12N2O4/c1-7-6-8-2-4-10-12(14(8)20-7)13(17-21-10)9-3-5-11(18)16-15(9)19/h2,4,6,9H,3,5H2,1H3,(H,16,18,19)/t9-/m0/s1. The fraction of sp³-hybridized carbons (Fsp3) is 0.267. The zero-order valence-corrected chi connectivity index (χ0v) is 11.3. The van der Waals surface area contributed by atoms with Crippen LogP contribution in [0, 0.1) is 6.92 Å². The summed E-state index contributed by atoms with van der Waals surface area (Å²) in [5.41, 5.74) is 1.79. The quantitative estimate of drug-likeness (QED) is 0.693. The Kier molecular flexibility index (Phi) is 2.42. The Balaban J connectivity index is 1.94. The molecule has 4 rings (SSSR count). The molecule has 1 N–H and O–H groups in total. The molecule has 2 amide bonds. The second-order valence-electron chi connectivity index (χ2n) is 5.29. The molecule has 1 fully saturated rings. The predicted molar refractivity (Wildman–Crippen MR) is 73.6 cm³/mol. The van der Waals surface area contributed by atoms with Crippen LogP contribution >= 0.6 is 0 Å². The number of amides is 2. The van der Waals surface area contributed by atoms with Crippen molar-refractivity contribution in [3.63, 3.8) is 0 Å². The van der Waals surface area contributed by atoms with Gasteiger partial charge in [0.25, 0.3) is 0 Å². The van der Waals surface area contributed by atoms with Gasteiger partial charge in [-0.25, -0.2) is 0 Å². The van der Waals surface area contributed by atoms with Gasteiger partial charge >= 0.3 is 0 Å². The Bertz CT molecular complexity index is 890. The fourth-order valence-electron chi connectivity index (χ4n) is 2.87. The molecule has 0 aliphatic carbocycles. The predicted octanol–water partition coefficient (Wildman–Crippen LogP) is 2.40. The highest BCUT2D eigenvalue weighted by atomic mass is 16.5. The highest BCUT2D eigenvalue weighted by molar-refractivity contribution is 6.07. The number of benzene rings is 1. The van der Waals surface area contributed by atoms with Crippen LogP contribution < -0.4 is 5.32 Å². The third kappa shape index (κ3) is 1.75. The summed E-state index contributed by atoms with van der Waals surface area (Å²) in [5, 5.41) is 8.05. The number of hydrogen-bond acceptors (Lipinski definition) is 5. The lowest BCUT2D eigenvalue weighted by Crippen LogP contribution is -2.39. The van der Waals surface area contributed by atoms with E-state index in [2.05, 4.69) is 10.5 Å². The van der Waals surface area contributed by atoms with E-state index in [1.807, 2.05) is 25.1 Å². The number of nitrogens with zero attached hydrogens (tertiary/aromatic N) is 1. The lowest BCUT2D eigenvalue weighted by molar-refractivity contribution is -0.134. The average Bonchev–Trinajstić information content (AvgIpc) is 3.00. The molecule has 1 aliphatic rings. The van der Waals surface area contributed by atoms with E-state index in [9.17, 15) is 9.59 Å². The summed E-state index contributed by atoms with van der Waals surface area (Å²) < 4.78 is 11.0. The van der Waals surface area contributed by atoms with Gasteiger partial charge in [0.15, 0.2) is 5.58 Å². The highest BCUT2D eigenvalue weighted by Gasteiger charge is 2.32. The van der Waals surface area contributed by atoms with Crippen molar-refractivity contribution in [1.82, 2.24) is 10.5 Å². The fourth-order valence-corrected chi connectivity index (χ4v) is 2.87. The van der Waals surface area contributed by atoms with E-state index in [1.54, 1.807) is 0 Å². The van der Waals surface area contributed by atoms with E-state index >= 15 is 0 Å². The molecule has 106 valence electrons.